The van der Waals surface area contributed by atoms with Crippen LogP contribution >= 0.6 is 0 Å². The highest BCUT2D eigenvalue weighted by Gasteiger charge is 2.54. The molecule has 2 fully saturated rings. The molecule has 3 aromatic heterocycles. The Kier molecular flexibility index (Phi) is 5.26. The van der Waals surface area contributed by atoms with Crippen molar-refractivity contribution >= 4 is 27.6 Å². The molecule has 6 rings (SSSR count). The lowest BCUT2D eigenvalue weighted by molar-refractivity contribution is -0.160. The number of unbranched alkanes of at least 4 members (excludes halogenated alkanes) is 1. The average molecular weight is 458 g/mol. The number of nitrogens with zero attached hydrogens (tertiary/aromatic N) is 4. The predicted octanol–water partition coefficient (Wildman–Crippen LogP) is 5.06. The Morgan fingerprint density at radius 3 is 2.85 bits per heavy atom. The van der Waals surface area contributed by atoms with Crippen LogP contribution in [-0.2, 0) is 15.9 Å². The van der Waals surface area contributed by atoms with Gasteiger partial charge in [-0.05, 0) is 68.5 Å². The minimum absolute atomic E-state index is 0.0101. The molecule has 7 nitrogen and oxygen atoms in total. The molecular weight excluding hydrogens is 426 g/mol. The van der Waals surface area contributed by atoms with Crippen LogP contribution in [0, 0.1) is 5.92 Å². The number of fused-ring (bicyclic) bond motifs is 3. The van der Waals surface area contributed by atoms with Gasteiger partial charge in [-0.25, -0.2) is 9.97 Å². The Bertz CT molecular complexity index is 1330. The first-order chi connectivity index (χ1) is 16.5. The van der Waals surface area contributed by atoms with E-state index in [-0.39, 0.29) is 18.2 Å². The van der Waals surface area contributed by atoms with Crippen molar-refractivity contribution in [3.63, 3.8) is 0 Å². The first-order valence-corrected chi connectivity index (χ1v) is 12.2. The molecule has 0 bridgehead atoms. The van der Waals surface area contributed by atoms with Gasteiger partial charge in [0.1, 0.15) is 23.9 Å². The van der Waals surface area contributed by atoms with Gasteiger partial charge >= 0.3 is 0 Å². The van der Waals surface area contributed by atoms with Gasteiger partial charge < -0.3 is 19.8 Å². The monoisotopic (exact) mass is 457 g/mol. The molecule has 1 saturated carbocycles. The van der Waals surface area contributed by atoms with Crippen LogP contribution in [0.25, 0.3) is 21.8 Å². The third kappa shape index (κ3) is 3.73. The van der Waals surface area contributed by atoms with Crippen molar-refractivity contribution in [1.82, 2.24) is 19.5 Å². The van der Waals surface area contributed by atoms with Gasteiger partial charge in [-0.2, -0.15) is 0 Å². The van der Waals surface area contributed by atoms with Gasteiger partial charge in [0, 0.05) is 24.0 Å². The summed E-state index contributed by atoms with van der Waals surface area (Å²) in [5, 5.41) is 3.42. The summed E-state index contributed by atoms with van der Waals surface area (Å²) >= 11 is 0. The number of aromatic nitrogens is 4. The molecule has 0 amide bonds. The van der Waals surface area contributed by atoms with E-state index in [1.54, 1.807) is 0 Å². The van der Waals surface area contributed by atoms with Crippen LogP contribution in [0.1, 0.15) is 51.1 Å². The Labute approximate surface area is 199 Å². The molecule has 2 N–H and O–H groups in total. The number of nitrogens with two attached hydrogens (primary N) is 1. The topological polar surface area (TPSA) is 88.1 Å². The molecule has 7 heteroatoms. The van der Waals surface area contributed by atoms with Crippen molar-refractivity contribution < 1.29 is 9.47 Å². The van der Waals surface area contributed by atoms with Crippen molar-refractivity contribution in [1.29, 1.82) is 0 Å². The summed E-state index contributed by atoms with van der Waals surface area (Å²) in [6.07, 6.45) is 13.1. The van der Waals surface area contributed by atoms with Crippen LogP contribution in [0.5, 0.6) is 0 Å². The summed E-state index contributed by atoms with van der Waals surface area (Å²) in [6.45, 7) is 4.03. The minimum atomic E-state index is -0.570. The average Bonchev–Trinajstić information content (AvgIpc) is 3.48. The van der Waals surface area contributed by atoms with Crippen molar-refractivity contribution in [2.45, 2.75) is 70.0 Å². The second-order valence-electron chi connectivity index (χ2n) is 10.1. The van der Waals surface area contributed by atoms with Gasteiger partial charge in [0.15, 0.2) is 5.79 Å². The Balaban J connectivity index is 1.17. The molecule has 4 atom stereocenters. The fraction of sp³-hybridized carbons (Fsp3) is 0.444. The van der Waals surface area contributed by atoms with E-state index in [0.29, 0.717) is 11.7 Å². The van der Waals surface area contributed by atoms with Crippen LogP contribution in [-0.4, -0.2) is 37.5 Å². The molecule has 2 aliphatic rings. The summed E-state index contributed by atoms with van der Waals surface area (Å²) in [4.78, 5) is 13.0. The number of hydrogen-bond donors (Lipinski definition) is 1. The van der Waals surface area contributed by atoms with Gasteiger partial charge in [0.25, 0.3) is 0 Å². The Morgan fingerprint density at radius 1 is 1.06 bits per heavy atom. The molecule has 176 valence electrons. The smallest absolute Gasteiger partial charge is 0.163 e. The Hall–Kier alpha value is -3.03. The number of rotatable bonds is 6. The summed E-state index contributed by atoms with van der Waals surface area (Å²) < 4.78 is 15.1. The number of anilines is 1. The van der Waals surface area contributed by atoms with Crippen LogP contribution in [0.15, 0.2) is 55.2 Å². The molecule has 0 unspecified atom stereocenters. The standard InChI is InChI=1S/C27H31N5O2/c1-27(2)33-23-19(7-4-3-6-17-8-5-9-18-10-12-29-15-21(17)18)14-22(24(23)34-27)32-13-11-20-25(28)30-16-31-26(20)32/h5,8-13,15-16,19,22-24H,3-4,6-7,14H2,1-2H3,(H2,28,30,31)/t19-,22+,23+,24-/m0/s1. The number of nitrogen functional groups attached to an aromatic ring is 1. The highest BCUT2D eigenvalue weighted by atomic mass is 16.8. The zero-order valence-corrected chi connectivity index (χ0v) is 19.7. The van der Waals surface area contributed by atoms with Crippen molar-refractivity contribution in [3.8, 4) is 0 Å². The predicted molar refractivity (Wildman–Crippen MR) is 132 cm³/mol. The van der Waals surface area contributed by atoms with E-state index < -0.39 is 5.79 Å². The largest absolute Gasteiger partial charge is 0.383 e. The molecule has 0 radical (unpaired) electrons. The third-order valence-electron chi connectivity index (χ3n) is 7.49. The first kappa shape index (κ1) is 21.5. The summed E-state index contributed by atoms with van der Waals surface area (Å²) in [6, 6.07) is 10.8. The lowest BCUT2D eigenvalue weighted by Crippen LogP contribution is -2.27. The van der Waals surface area contributed by atoms with Gasteiger partial charge in [0.2, 0.25) is 0 Å². The number of benzene rings is 1. The van der Waals surface area contributed by atoms with Gasteiger partial charge in [-0.15, -0.1) is 0 Å². The van der Waals surface area contributed by atoms with Gasteiger partial charge in [-0.1, -0.05) is 24.6 Å². The molecule has 1 saturated heterocycles. The number of hydrogen-bond acceptors (Lipinski definition) is 6. The van der Waals surface area contributed by atoms with E-state index >= 15 is 0 Å². The fourth-order valence-corrected chi connectivity index (χ4v) is 5.99. The van der Waals surface area contributed by atoms with Crippen molar-refractivity contribution in [2.24, 2.45) is 5.92 Å². The molecule has 1 aromatic carbocycles. The maximum atomic E-state index is 6.42. The second-order valence-corrected chi connectivity index (χ2v) is 10.1. The van der Waals surface area contributed by atoms with Crippen molar-refractivity contribution in [3.05, 3.63) is 60.8 Å². The van der Waals surface area contributed by atoms with Crippen LogP contribution in [0.4, 0.5) is 5.82 Å². The summed E-state index contributed by atoms with van der Waals surface area (Å²) in [7, 11) is 0. The highest BCUT2D eigenvalue weighted by molar-refractivity contribution is 5.86. The van der Waals surface area contributed by atoms with E-state index in [2.05, 4.69) is 50.0 Å². The molecule has 0 spiro atoms. The second kappa shape index (κ2) is 8.32. The lowest BCUT2D eigenvalue weighted by atomic mass is 9.95. The molecular formula is C27H31N5O2. The maximum absolute atomic E-state index is 6.42. The van der Waals surface area contributed by atoms with Gasteiger partial charge in [0.05, 0.1) is 17.5 Å². The van der Waals surface area contributed by atoms with Crippen LogP contribution < -0.4 is 5.73 Å². The van der Waals surface area contributed by atoms with Crippen LogP contribution in [0.2, 0.25) is 0 Å². The molecule has 4 aromatic rings. The molecule has 1 aliphatic heterocycles. The zero-order valence-electron chi connectivity index (χ0n) is 19.7. The SMILES string of the molecule is CC1(C)O[C@@H]2[C@@H](CCCCc3cccc4ccncc34)C[C@@H](n3ccc4c(N)ncnc43)[C@@H]2O1. The lowest BCUT2D eigenvalue weighted by Gasteiger charge is -2.24. The zero-order chi connectivity index (χ0) is 23.3. The number of pyridine rings is 1. The molecule has 1 aliphatic carbocycles. The Morgan fingerprint density at radius 2 is 1.94 bits per heavy atom. The van der Waals surface area contributed by atoms with E-state index in [0.717, 1.165) is 43.1 Å². The van der Waals surface area contributed by atoms with E-state index in [1.807, 2.05) is 32.3 Å². The normalized spacial score (nSPS) is 25.8. The van der Waals surface area contributed by atoms with E-state index in [9.17, 15) is 0 Å². The summed E-state index contributed by atoms with van der Waals surface area (Å²) in [5.74, 6) is 0.393. The minimum Gasteiger partial charge on any atom is -0.383 e. The quantitative estimate of drug-likeness (QED) is 0.407. The number of ether oxygens (including phenoxy) is 2. The van der Waals surface area contributed by atoms with Crippen LogP contribution in [0.3, 0.4) is 0 Å². The van der Waals surface area contributed by atoms with E-state index in [1.165, 1.54) is 22.7 Å². The van der Waals surface area contributed by atoms with Gasteiger partial charge in [-0.3, -0.25) is 4.98 Å². The maximum Gasteiger partial charge on any atom is 0.163 e. The number of aryl methyl sites for hydroxylation is 1. The third-order valence-corrected chi connectivity index (χ3v) is 7.49. The first-order valence-electron chi connectivity index (χ1n) is 12.2. The fourth-order valence-electron chi connectivity index (χ4n) is 5.99. The highest BCUT2D eigenvalue weighted by Crippen LogP contribution is 2.49. The molecule has 4 heterocycles. The molecule has 34 heavy (non-hydrogen) atoms. The summed E-state index contributed by atoms with van der Waals surface area (Å²) in [5.41, 5.74) is 8.33. The van der Waals surface area contributed by atoms with E-state index in [4.69, 9.17) is 15.2 Å². The van der Waals surface area contributed by atoms with Crippen molar-refractivity contribution in [2.75, 3.05) is 5.73 Å².